The van der Waals surface area contributed by atoms with Gasteiger partial charge in [-0.25, -0.2) is 0 Å². The van der Waals surface area contributed by atoms with E-state index in [-0.39, 0.29) is 12.0 Å². The minimum atomic E-state index is -0.157. The molecule has 1 atom stereocenters. The maximum absolute atomic E-state index is 9.59. The SMILES string of the molecule is OCC1(Cc2ccc(Cl)c(Cl)c2)CCCOC1. The predicted octanol–water partition coefficient (Wildman–Crippen LogP) is 3.33. The summed E-state index contributed by atoms with van der Waals surface area (Å²) in [7, 11) is 0. The molecule has 1 fully saturated rings. The van der Waals surface area contributed by atoms with Crippen LogP contribution in [0.5, 0.6) is 0 Å². The Bertz CT molecular complexity index is 387. The van der Waals surface area contributed by atoms with Crippen LogP contribution in [0, 0.1) is 5.41 Å². The van der Waals surface area contributed by atoms with Crippen LogP contribution in [-0.2, 0) is 11.2 Å². The topological polar surface area (TPSA) is 29.5 Å². The van der Waals surface area contributed by atoms with E-state index in [4.69, 9.17) is 27.9 Å². The molecule has 0 spiro atoms. The third-order valence-electron chi connectivity index (χ3n) is 3.30. The molecule has 0 bridgehead atoms. The molecular weight excluding hydrogens is 259 g/mol. The van der Waals surface area contributed by atoms with Gasteiger partial charge in [-0.05, 0) is 37.0 Å². The number of benzene rings is 1. The molecule has 1 N–H and O–H groups in total. The van der Waals surface area contributed by atoms with E-state index in [1.807, 2.05) is 12.1 Å². The third kappa shape index (κ3) is 3.14. The Kier molecular flexibility index (Phi) is 4.31. The summed E-state index contributed by atoms with van der Waals surface area (Å²) in [5.74, 6) is 0. The van der Waals surface area contributed by atoms with Gasteiger partial charge in [-0.2, -0.15) is 0 Å². The molecule has 2 nitrogen and oxygen atoms in total. The van der Waals surface area contributed by atoms with E-state index >= 15 is 0 Å². The summed E-state index contributed by atoms with van der Waals surface area (Å²) in [6.07, 6.45) is 2.77. The molecule has 0 aromatic heterocycles. The molecule has 1 aromatic carbocycles. The van der Waals surface area contributed by atoms with Crippen LogP contribution in [0.2, 0.25) is 10.0 Å². The highest BCUT2D eigenvalue weighted by Crippen LogP contribution is 2.33. The minimum Gasteiger partial charge on any atom is -0.396 e. The quantitative estimate of drug-likeness (QED) is 0.916. The van der Waals surface area contributed by atoms with Crippen LogP contribution in [0.1, 0.15) is 18.4 Å². The van der Waals surface area contributed by atoms with Gasteiger partial charge in [0.1, 0.15) is 0 Å². The van der Waals surface area contributed by atoms with Crippen molar-refractivity contribution in [2.75, 3.05) is 19.8 Å². The van der Waals surface area contributed by atoms with Crippen molar-refractivity contribution in [3.05, 3.63) is 33.8 Å². The molecule has 1 saturated heterocycles. The van der Waals surface area contributed by atoms with Crippen LogP contribution >= 0.6 is 23.2 Å². The van der Waals surface area contributed by atoms with Crippen LogP contribution in [0.15, 0.2) is 18.2 Å². The molecule has 0 saturated carbocycles. The number of hydrogen-bond donors (Lipinski definition) is 1. The number of halogens is 2. The maximum atomic E-state index is 9.59. The molecule has 4 heteroatoms. The van der Waals surface area contributed by atoms with Crippen LogP contribution < -0.4 is 0 Å². The molecule has 1 aromatic rings. The van der Waals surface area contributed by atoms with Crippen molar-refractivity contribution in [2.24, 2.45) is 5.41 Å². The van der Waals surface area contributed by atoms with Crippen LogP contribution in [0.3, 0.4) is 0 Å². The molecule has 17 heavy (non-hydrogen) atoms. The van der Waals surface area contributed by atoms with Crippen molar-refractivity contribution < 1.29 is 9.84 Å². The Morgan fingerprint density at radius 2 is 2.12 bits per heavy atom. The molecule has 1 heterocycles. The predicted molar refractivity (Wildman–Crippen MR) is 69.7 cm³/mol. The Hall–Kier alpha value is -0.280. The van der Waals surface area contributed by atoms with Gasteiger partial charge in [0.05, 0.1) is 23.3 Å². The first-order chi connectivity index (χ1) is 8.15. The molecule has 94 valence electrons. The standard InChI is InChI=1S/C13H16Cl2O2/c14-11-3-2-10(6-12(11)15)7-13(8-16)4-1-5-17-9-13/h2-3,6,16H,1,4-5,7-9H2. The van der Waals surface area contributed by atoms with E-state index in [0.29, 0.717) is 16.7 Å². The van der Waals surface area contributed by atoms with E-state index in [2.05, 4.69) is 0 Å². The number of ether oxygens (including phenoxy) is 1. The second-order valence-electron chi connectivity index (χ2n) is 4.74. The van der Waals surface area contributed by atoms with Gasteiger partial charge in [-0.3, -0.25) is 0 Å². The zero-order valence-corrected chi connectivity index (χ0v) is 11.1. The minimum absolute atomic E-state index is 0.146. The number of aliphatic hydroxyl groups is 1. The van der Waals surface area contributed by atoms with Crippen molar-refractivity contribution in [3.8, 4) is 0 Å². The second kappa shape index (κ2) is 5.57. The first-order valence-corrected chi connectivity index (χ1v) is 6.53. The Balaban J connectivity index is 2.14. The summed E-state index contributed by atoms with van der Waals surface area (Å²) in [5.41, 5.74) is 0.939. The van der Waals surface area contributed by atoms with Gasteiger partial charge in [-0.15, -0.1) is 0 Å². The van der Waals surface area contributed by atoms with E-state index in [1.165, 1.54) is 0 Å². The zero-order chi connectivity index (χ0) is 12.3. The fourth-order valence-electron chi connectivity index (χ4n) is 2.31. The number of hydrogen-bond acceptors (Lipinski definition) is 2. The maximum Gasteiger partial charge on any atom is 0.0595 e. The lowest BCUT2D eigenvalue weighted by atomic mass is 9.78. The summed E-state index contributed by atoms with van der Waals surface area (Å²) in [6.45, 7) is 1.56. The normalized spacial score (nSPS) is 24.9. The zero-order valence-electron chi connectivity index (χ0n) is 9.59. The van der Waals surface area contributed by atoms with Gasteiger partial charge in [0, 0.05) is 12.0 Å². The van der Waals surface area contributed by atoms with Crippen molar-refractivity contribution in [3.63, 3.8) is 0 Å². The molecule has 1 aliphatic rings. The van der Waals surface area contributed by atoms with Gasteiger partial charge in [0.15, 0.2) is 0 Å². The average molecular weight is 275 g/mol. The molecular formula is C13H16Cl2O2. The lowest BCUT2D eigenvalue weighted by Crippen LogP contribution is -2.37. The lowest BCUT2D eigenvalue weighted by molar-refractivity contribution is -0.0378. The van der Waals surface area contributed by atoms with E-state index in [0.717, 1.165) is 31.4 Å². The van der Waals surface area contributed by atoms with Crippen LogP contribution in [0.4, 0.5) is 0 Å². The number of rotatable bonds is 3. The smallest absolute Gasteiger partial charge is 0.0595 e. The van der Waals surface area contributed by atoms with Crippen molar-refractivity contribution >= 4 is 23.2 Å². The van der Waals surface area contributed by atoms with Crippen molar-refractivity contribution in [1.29, 1.82) is 0 Å². The molecule has 0 amide bonds. The monoisotopic (exact) mass is 274 g/mol. The summed E-state index contributed by atoms with van der Waals surface area (Å²) in [4.78, 5) is 0. The van der Waals surface area contributed by atoms with Crippen molar-refractivity contribution in [2.45, 2.75) is 19.3 Å². The molecule has 1 unspecified atom stereocenters. The summed E-state index contributed by atoms with van der Waals surface area (Å²) in [5, 5.41) is 10.7. The van der Waals surface area contributed by atoms with Gasteiger partial charge in [0.25, 0.3) is 0 Å². The molecule has 0 radical (unpaired) electrons. The van der Waals surface area contributed by atoms with E-state index in [9.17, 15) is 5.11 Å². The van der Waals surface area contributed by atoms with E-state index in [1.54, 1.807) is 6.07 Å². The first kappa shape index (κ1) is 13.2. The highest BCUT2D eigenvalue weighted by molar-refractivity contribution is 6.42. The largest absolute Gasteiger partial charge is 0.396 e. The number of aliphatic hydroxyl groups excluding tert-OH is 1. The fraction of sp³-hybridized carbons (Fsp3) is 0.538. The van der Waals surface area contributed by atoms with Crippen LogP contribution in [0.25, 0.3) is 0 Å². The van der Waals surface area contributed by atoms with Gasteiger partial charge in [-0.1, -0.05) is 29.3 Å². The highest BCUT2D eigenvalue weighted by Gasteiger charge is 2.32. The average Bonchev–Trinajstić information content (AvgIpc) is 2.35. The molecule has 2 rings (SSSR count). The molecule has 1 aliphatic heterocycles. The summed E-state index contributed by atoms with van der Waals surface area (Å²) in [6, 6.07) is 5.63. The Morgan fingerprint density at radius 3 is 2.71 bits per heavy atom. The van der Waals surface area contributed by atoms with Crippen molar-refractivity contribution in [1.82, 2.24) is 0 Å². The van der Waals surface area contributed by atoms with Gasteiger partial charge >= 0.3 is 0 Å². The van der Waals surface area contributed by atoms with Crippen LogP contribution in [-0.4, -0.2) is 24.9 Å². The Labute approximate surface area is 111 Å². The Morgan fingerprint density at radius 1 is 1.29 bits per heavy atom. The third-order valence-corrected chi connectivity index (χ3v) is 4.04. The molecule has 0 aliphatic carbocycles. The lowest BCUT2D eigenvalue weighted by Gasteiger charge is -2.35. The van der Waals surface area contributed by atoms with Gasteiger partial charge < -0.3 is 9.84 Å². The fourth-order valence-corrected chi connectivity index (χ4v) is 2.63. The first-order valence-electron chi connectivity index (χ1n) is 5.78. The van der Waals surface area contributed by atoms with E-state index < -0.39 is 0 Å². The summed E-state index contributed by atoms with van der Waals surface area (Å²) < 4.78 is 5.48. The summed E-state index contributed by atoms with van der Waals surface area (Å²) >= 11 is 11.9. The highest BCUT2D eigenvalue weighted by atomic mass is 35.5. The van der Waals surface area contributed by atoms with Gasteiger partial charge in [0.2, 0.25) is 0 Å². The second-order valence-corrected chi connectivity index (χ2v) is 5.55.